The molecule has 4 aromatic rings. The lowest BCUT2D eigenvalue weighted by Gasteiger charge is -2.20. The Morgan fingerprint density at radius 3 is 2.42 bits per heavy atom. The zero-order chi connectivity index (χ0) is 28.7. The van der Waals surface area contributed by atoms with Crippen molar-refractivity contribution in [3.8, 4) is 11.4 Å². The van der Waals surface area contributed by atoms with Gasteiger partial charge in [0.2, 0.25) is 5.95 Å². The zero-order valence-electron chi connectivity index (χ0n) is 23.4. The third kappa shape index (κ3) is 7.95. The van der Waals surface area contributed by atoms with Crippen molar-refractivity contribution in [2.75, 3.05) is 17.3 Å². The van der Waals surface area contributed by atoms with Crippen LogP contribution in [0.25, 0.3) is 11.4 Å². The van der Waals surface area contributed by atoms with Crippen LogP contribution >= 0.6 is 0 Å². The van der Waals surface area contributed by atoms with Gasteiger partial charge in [0.15, 0.2) is 5.82 Å². The van der Waals surface area contributed by atoms with Gasteiger partial charge in [0, 0.05) is 32.0 Å². The molecule has 1 amide bonds. The number of carbonyl (C=O) groups excluding carboxylic acids is 1. The summed E-state index contributed by atoms with van der Waals surface area (Å²) in [6.45, 7) is 7.93. The minimum absolute atomic E-state index is 0.0290. The van der Waals surface area contributed by atoms with Crippen LogP contribution in [0, 0.1) is 5.82 Å². The monoisotopic (exact) mass is 543 g/mol. The Hall–Kier alpha value is -4.60. The van der Waals surface area contributed by atoms with Crippen molar-refractivity contribution in [1.29, 1.82) is 0 Å². The molecule has 2 aromatic carbocycles. The van der Waals surface area contributed by atoms with E-state index in [-0.39, 0.29) is 11.9 Å². The highest BCUT2D eigenvalue weighted by molar-refractivity contribution is 5.67. The van der Waals surface area contributed by atoms with E-state index >= 15 is 0 Å². The summed E-state index contributed by atoms with van der Waals surface area (Å²) < 4.78 is 19.6. The number of nitrogens with one attached hydrogen (secondary N) is 2. The highest BCUT2D eigenvalue weighted by Crippen LogP contribution is 2.24. The average Bonchev–Trinajstić information content (AvgIpc) is 2.91. The third-order valence-electron chi connectivity index (χ3n) is 5.83. The van der Waals surface area contributed by atoms with Gasteiger partial charge in [-0.05, 0) is 69.5 Å². The summed E-state index contributed by atoms with van der Waals surface area (Å²) in [5, 5.41) is 6.15. The van der Waals surface area contributed by atoms with Crippen molar-refractivity contribution < 1.29 is 13.9 Å². The van der Waals surface area contributed by atoms with Gasteiger partial charge < -0.3 is 20.3 Å². The molecule has 0 aliphatic carbocycles. The number of hydrogen-bond donors (Lipinski definition) is 2. The number of hydrogen-bond acceptors (Lipinski definition) is 8. The number of ether oxygens (including phenoxy) is 1. The lowest BCUT2D eigenvalue weighted by atomic mass is 10.0. The van der Waals surface area contributed by atoms with E-state index in [4.69, 9.17) is 4.74 Å². The number of aromatic nitrogens is 4. The van der Waals surface area contributed by atoms with Crippen molar-refractivity contribution in [2.45, 2.75) is 52.3 Å². The maximum absolute atomic E-state index is 14.3. The minimum atomic E-state index is -0.541. The quantitative estimate of drug-likeness (QED) is 0.269. The van der Waals surface area contributed by atoms with E-state index in [1.165, 1.54) is 6.07 Å². The first kappa shape index (κ1) is 28.4. The molecule has 0 fully saturated rings. The van der Waals surface area contributed by atoms with Crippen LogP contribution in [0.4, 0.5) is 26.8 Å². The third-order valence-corrected chi connectivity index (χ3v) is 5.83. The van der Waals surface area contributed by atoms with Gasteiger partial charge in [-0.3, -0.25) is 0 Å². The number of alkyl carbamates (subject to hydrolysis) is 1. The number of halogens is 1. The molecule has 0 radical (unpaired) electrons. The standard InChI is InChI=1S/C30H34FN7O2/c1-20(17-21-9-8-10-22(18-21)19-34-29(39)40-30(2,3)4)35-28-33-16-14-26(37-28)38(5)25-13-15-32-27(36-25)23-11-6-7-12-24(23)31/h6-16,18,20H,17,19H2,1-5H3,(H,34,39)(H,33,35,37). The summed E-state index contributed by atoms with van der Waals surface area (Å²) in [6, 6.07) is 18.0. The fourth-order valence-corrected chi connectivity index (χ4v) is 4.01. The molecule has 1 unspecified atom stereocenters. The molecule has 2 N–H and O–H groups in total. The van der Waals surface area contributed by atoms with Gasteiger partial charge in [0.05, 0.1) is 5.56 Å². The normalized spacial score (nSPS) is 11.9. The molecule has 2 heterocycles. The summed E-state index contributed by atoms with van der Waals surface area (Å²) in [4.78, 5) is 31.6. The fraction of sp³-hybridized carbons (Fsp3) is 0.300. The zero-order valence-corrected chi connectivity index (χ0v) is 23.4. The summed E-state index contributed by atoms with van der Waals surface area (Å²) in [5.74, 6) is 1.59. The molecule has 2 aromatic heterocycles. The molecule has 0 aliphatic rings. The topological polar surface area (TPSA) is 105 Å². The van der Waals surface area contributed by atoms with Crippen LogP contribution in [0.15, 0.2) is 73.1 Å². The Kier molecular flexibility index (Phi) is 8.88. The molecule has 0 bridgehead atoms. The van der Waals surface area contributed by atoms with E-state index in [1.807, 2.05) is 46.0 Å². The van der Waals surface area contributed by atoms with E-state index in [9.17, 15) is 9.18 Å². The summed E-state index contributed by atoms with van der Waals surface area (Å²) in [6.07, 6.45) is 3.55. The Morgan fingerprint density at radius 2 is 1.68 bits per heavy atom. The van der Waals surface area contributed by atoms with Gasteiger partial charge >= 0.3 is 6.09 Å². The highest BCUT2D eigenvalue weighted by Gasteiger charge is 2.16. The number of rotatable bonds is 9. The predicted molar refractivity (Wildman–Crippen MR) is 154 cm³/mol. The largest absolute Gasteiger partial charge is 0.444 e. The van der Waals surface area contributed by atoms with E-state index in [2.05, 4.69) is 43.6 Å². The average molecular weight is 544 g/mol. The van der Waals surface area contributed by atoms with E-state index < -0.39 is 11.7 Å². The Bertz CT molecular complexity index is 1460. The lowest BCUT2D eigenvalue weighted by molar-refractivity contribution is 0.0523. The molecular weight excluding hydrogens is 509 g/mol. The van der Waals surface area contributed by atoms with Gasteiger partial charge in [-0.1, -0.05) is 36.4 Å². The second kappa shape index (κ2) is 12.5. The Morgan fingerprint density at radius 1 is 0.975 bits per heavy atom. The maximum Gasteiger partial charge on any atom is 0.407 e. The van der Waals surface area contributed by atoms with Crippen LogP contribution in [0.5, 0.6) is 0 Å². The number of amides is 1. The van der Waals surface area contributed by atoms with Crippen molar-refractivity contribution in [2.24, 2.45) is 0 Å². The molecule has 4 rings (SSSR count). The first-order valence-corrected chi connectivity index (χ1v) is 13.0. The van der Waals surface area contributed by atoms with Crippen LogP contribution < -0.4 is 15.5 Å². The number of anilines is 3. The van der Waals surface area contributed by atoms with Gasteiger partial charge in [0.1, 0.15) is 23.1 Å². The molecule has 40 heavy (non-hydrogen) atoms. The van der Waals surface area contributed by atoms with Crippen LogP contribution in [-0.4, -0.2) is 44.7 Å². The minimum Gasteiger partial charge on any atom is -0.444 e. The molecule has 1 atom stereocenters. The van der Waals surface area contributed by atoms with Gasteiger partial charge in [-0.25, -0.2) is 24.1 Å². The summed E-state index contributed by atoms with van der Waals surface area (Å²) in [7, 11) is 1.83. The fourth-order valence-electron chi connectivity index (χ4n) is 4.01. The number of nitrogens with zero attached hydrogens (tertiary/aromatic N) is 5. The molecular formula is C30H34FN7O2. The smallest absolute Gasteiger partial charge is 0.407 e. The molecule has 0 saturated heterocycles. The molecule has 9 nitrogen and oxygen atoms in total. The summed E-state index contributed by atoms with van der Waals surface area (Å²) >= 11 is 0. The second-order valence-corrected chi connectivity index (χ2v) is 10.4. The molecule has 0 spiro atoms. The lowest BCUT2D eigenvalue weighted by Crippen LogP contribution is -2.32. The van der Waals surface area contributed by atoms with Gasteiger partial charge in [-0.15, -0.1) is 0 Å². The first-order valence-electron chi connectivity index (χ1n) is 13.0. The number of benzene rings is 2. The van der Waals surface area contributed by atoms with E-state index in [0.29, 0.717) is 35.5 Å². The summed E-state index contributed by atoms with van der Waals surface area (Å²) in [5.41, 5.74) is 1.88. The van der Waals surface area contributed by atoms with Crippen molar-refractivity contribution >= 4 is 23.7 Å². The van der Waals surface area contributed by atoms with Crippen LogP contribution in [-0.2, 0) is 17.7 Å². The Labute approximate surface area is 233 Å². The molecule has 0 saturated carbocycles. The van der Waals surface area contributed by atoms with Crippen molar-refractivity contribution in [3.05, 3.63) is 90.0 Å². The van der Waals surface area contributed by atoms with Crippen LogP contribution in [0.1, 0.15) is 38.8 Å². The maximum atomic E-state index is 14.3. The van der Waals surface area contributed by atoms with Crippen LogP contribution in [0.2, 0.25) is 0 Å². The Balaban J connectivity index is 1.39. The molecule has 10 heteroatoms. The second-order valence-electron chi connectivity index (χ2n) is 10.4. The van der Waals surface area contributed by atoms with Crippen molar-refractivity contribution in [1.82, 2.24) is 25.3 Å². The van der Waals surface area contributed by atoms with E-state index in [0.717, 1.165) is 17.5 Å². The van der Waals surface area contributed by atoms with E-state index in [1.54, 1.807) is 47.6 Å². The van der Waals surface area contributed by atoms with Crippen molar-refractivity contribution in [3.63, 3.8) is 0 Å². The molecule has 208 valence electrons. The van der Waals surface area contributed by atoms with Gasteiger partial charge in [-0.2, -0.15) is 4.98 Å². The highest BCUT2D eigenvalue weighted by atomic mass is 19.1. The van der Waals surface area contributed by atoms with Gasteiger partial charge in [0.25, 0.3) is 0 Å². The predicted octanol–water partition coefficient (Wildman–Crippen LogP) is 5.91. The first-order chi connectivity index (χ1) is 19.1. The molecule has 0 aliphatic heterocycles. The van der Waals surface area contributed by atoms with Crippen LogP contribution in [0.3, 0.4) is 0 Å². The SMILES string of the molecule is CC(Cc1cccc(CNC(=O)OC(C)(C)C)c1)Nc1nccc(N(C)c2ccnc(-c3ccccc3F)n2)n1. The number of carbonyl (C=O) groups is 1.